The molecule has 0 bridgehead atoms. The largest absolute Gasteiger partial charge is 0.317 e. The number of halogens is 1. The van der Waals surface area contributed by atoms with Gasteiger partial charge in [0.25, 0.3) is 0 Å². The number of likely N-dealkylation sites (tertiary alicyclic amines) is 1. The Morgan fingerprint density at radius 1 is 1.36 bits per heavy atom. The van der Waals surface area contributed by atoms with Crippen LogP contribution < -0.4 is 5.32 Å². The second-order valence-corrected chi connectivity index (χ2v) is 4.59. The van der Waals surface area contributed by atoms with Crippen molar-refractivity contribution in [2.75, 3.05) is 32.6 Å². The van der Waals surface area contributed by atoms with E-state index in [1.165, 1.54) is 32.2 Å². The van der Waals surface area contributed by atoms with Crippen molar-refractivity contribution in [3.05, 3.63) is 0 Å². The van der Waals surface area contributed by atoms with Crippen LogP contribution in [0.2, 0.25) is 0 Å². The van der Waals surface area contributed by atoms with Crippen LogP contribution in [0.5, 0.6) is 0 Å². The third-order valence-electron chi connectivity index (χ3n) is 3.06. The molecule has 0 aliphatic carbocycles. The molecule has 0 aromatic carbocycles. The molecule has 1 heterocycles. The summed E-state index contributed by atoms with van der Waals surface area (Å²) in [5.74, 6) is 0.774. The van der Waals surface area contributed by atoms with Gasteiger partial charge < -0.3 is 10.2 Å². The molecule has 0 amide bonds. The minimum atomic E-state index is 0.774. The summed E-state index contributed by atoms with van der Waals surface area (Å²) in [6.45, 7) is 3.50. The summed E-state index contributed by atoms with van der Waals surface area (Å²) in [5, 5.41) is 3.44. The molecule has 1 saturated heterocycles. The summed E-state index contributed by atoms with van der Waals surface area (Å²) in [6.07, 6.45) is 6.55. The molecule has 2 nitrogen and oxygen atoms in total. The molecule has 1 unspecified atom stereocenters. The molecule has 0 aromatic rings. The molecular formula is C11H23ClN2. The molecule has 3 heteroatoms. The number of nitrogens with one attached hydrogen (secondary N) is 1. The molecule has 1 aliphatic heterocycles. The number of hydrogen-bond acceptors (Lipinski definition) is 2. The van der Waals surface area contributed by atoms with Crippen molar-refractivity contribution < 1.29 is 0 Å². The zero-order chi connectivity index (χ0) is 10.2. The second-order valence-electron chi connectivity index (χ2n) is 4.21. The van der Waals surface area contributed by atoms with E-state index in [1.807, 2.05) is 0 Å². The molecule has 0 radical (unpaired) electrons. The van der Waals surface area contributed by atoms with E-state index >= 15 is 0 Å². The summed E-state index contributed by atoms with van der Waals surface area (Å²) in [7, 11) is 2.25. The van der Waals surface area contributed by atoms with E-state index in [1.54, 1.807) is 0 Å². The number of rotatable bonds is 6. The Morgan fingerprint density at radius 3 is 2.93 bits per heavy atom. The molecule has 84 valence electrons. The standard InChI is InChI=1S/C11H23ClN2/c1-14-10-3-2-5-11(14)6-9-13-8-4-7-12/h11,13H,2-10H2,1H3. The Labute approximate surface area is 93.0 Å². The fourth-order valence-electron chi connectivity index (χ4n) is 2.09. The van der Waals surface area contributed by atoms with Gasteiger partial charge in [0.15, 0.2) is 0 Å². The predicted molar refractivity (Wildman–Crippen MR) is 63.1 cm³/mol. The van der Waals surface area contributed by atoms with Gasteiger partial charge in [-0.3, -0.25) is 0 Å². The van der Waals surface area contributed by atoms with Gasteiger partial charge in [-0.15, -0.1) is 11.6 Å². The lowest BCUT2D eigenvalue weighted by molar-refractivity contribution is 0.175. The van der Waals surface area contributed by atoms with Crippen molar-refractivity contribution >= 4 is 11.6 Å². The van der Waals surface area contributed by atoms with Gasteiger partial charge in [-0.2, -0.15) is 0 Å². The molecular weight excluding hydrogens is 196 g/mol. The predicted octanol–water partition coefficient (Wildman–Crippen LogP) is 2.08. The van der Waals surface area contributed by atoms with Crippen LogP contribution in [0.25, 0.3) is 0 Å². The SMILES string of the molecule is CN1CCCCC1CCNCCCCl. The summed E-state index contributed by atoms with van der Waals surface area (Å²) in [6, 6.07) is 0.812. The summed E-state index contributed by atoms with van der Waals surface area (Å²) >= 11 is 5.60. The highest BCUT2D eigenvalue weighted by Gasteiger charge is 2.17. The van der Waals surface area contributed by atoms with E-state index in [-0.39, 0.29) is 0 Å². The lowest BCUT2D eigenvalue weighted by Gasteiger charge is -2.32. The van der Waals surface area contributed by atoms with Gasteiger partial charge in [0.2, 0.25) is 0 Å². The third kappa shape index (κ3) is 4.63. The van der Waals surface area contributed by atoms with Crippen LogP contribution in [0.3, 0.4) is 0 Å². The monoisotopic (exact) mass is 218 g/mol. The minimum absolute atomic E-state index is 0.774. The summed E-state index contributed by atoms with van der Waals surface area (Å²) in [5.41, 5.74) is 0. The zero-order valence-corrected chi connectivity index (χ0v) is 10.0. The van der Waals surface area contributed by atoms with Crippen molar-refractivity contribution in [1.82, 2.24) is 10.2 Å². The molecule has 1 aliphatic rings. The number of nitrogens with zero attached hydrogens (tertiary/aromatic N) is 1. The Morgan fingerprint density at radius 2 is 2.21 bits per heavy atom. The number of alkyl halides is 1. The lowest BCUT2D eigenvalue weighted by Crippen LogP contribution is -2.38. The smallest absolute Gasteiger partial charge is 0.0235 e. The summed E-state index contributed by atoms with van der Waals surface area (Å²) < 4.78 is 0. The molecule has 1 N–H and O–H groups in total. The first-order valence-electron chi connectivity index (χ1n) is 5.81. The van der Waals surface area contributed by atoms with E-state index < -0.39 is 0 Å². The minimum Gasteiger partial charge on any atom is -0.317 e. The number of piperidine rings is 1. The van der Waals surface area contributed by atoms with E-state index in [0.717, 1.165) is 31.4 Å². The maximum Gasteiger partial charge on any atom is 0.0235 e. The molecule has 1 atom stereocenters. The fourth-order valence-corrected chi connectivity index (χ4v) is 2.23. The second kappa shape index (κ2) is 7.49. The van der Waals surface area contributed by atoms with Gasteiger partial charge in [0.05, 0.1) is 0 Å². The van der Waals surface area contributed by atoms with Crippen LogP contribution in [-0.2, 0) is 0 Å². The van der Waals surface area contributed by atoms with E-state index in [0.29, 0.717) is 0 Å². The van der Waals surface area contributed by atoms with Crippen LogP contribution in [0, 0.1) is 0 Å². The lowest BCUT2D eigenvalue weighted by atomic mass is 10.0. The quantitative estimate of drug-likeness (QED) is 0.543. The van der Waals surface area contributed by atoms with Crippen LogP contribution >= 0.6 is 11.6 Å². The molecule has 0 aromatic heterocycles. The highest BCUT2D eigenvalue weighted by molar-refractivity contribution is 6.17. The van der Waals surface area contributed by atoms with Gasteiger partial charge >= 0.3 is 0 Å². The number of hydrogen-bond donors (Lipinski definition) is 1. The van der Waals surface area contributed by atoms with Crippen molar-refractivity contribution in [1.29, 1.82) is 0 Å². The topological polar surface area (TPSA) is 15.3 Å². The zero-order valence-electron chi connectivity index (χ0n) is 9.27. The maximum atomic E-state index is 5.60. The van der Waals surface area contributed by atoms with Gasteiger partial charge in [-0.25, -0.2) is 0 Å². The maximum absolute atomic E-state index is 5.60. The van der Waals surface area contributed by atoms with Crippen LogP contribution in [0.4, 0.5) is 0 Å². The van der Waals surface area contributed by atoms with Crippen molar-refractivity contribution in [2.24, 2.45) is 0 Å². The average molecular weight is 219 g/mol. The highest BCUT2D eigenvalue weighted by Crippen LogP contribution is 2.16. The molecule has 1 fully saturated rings. The van der Waals surface area contributed by atoms with Gasteiger partial charge in [0, 0.05) is 11.9 Å². The Bertz CT molecular complexity index is 141. The van der Waals surface area contributed by atoms with Crippen molar-refractivity contribution in [3.63, 3.8) is 0 Å². The van der Waals surface area contributed by atoms with E-state index in [2.05, 4.69) is 17.3 Å². The Hall–Kier alpha value is 0.210. The molecule has 14 heavy (non-hydrogen) atoms. The summed E-state index contributed by atoms with van der Waals surface area (Å²) in [4.78, 5) is 2.51. The Kier molecular flexibility index (Phi) is 6.57. The van der Waals surface area contributed by atoms with Gasteiger partial charge in [0.1, 0.15) is 0 Å². The fraction of sp³-hybridized carbons (Fsp3) is 1.00. The van der Waals surface area contributed by atoms with E-state index in [9.17, 15) is 0 Å². The normalized spacial score (nSPS) is 24.0. The average Bonchev–Trinajstić information content (AvgIpc) is 2.20. The molecule has 0 spiro atoms. The van der Waals surface area contributed by atoms with Crippen LogP contribution in [-0.4, -0.2) is 43.5 Å². The first kappa shape index (κ1) is 12.3. The molecule has 0 saturated carbocycles. The van der Waals surface area contributed by atoms with Gasteiger partial charge in [-0.05, 0) is 52.4 Å². The first-order valence-corrected chi connectivity index (χ1v) is 6.35. The van der Waals surface area contributed by atoms with Crippen LogP contribution in [0.1, 0.15) is 32.1 Å². The van der Waals surface area contributed by atoms with Crippen molar-refractivity contribution in [2.45, 2.75) is 38.1 Å². The Balaban J connectivity index is 1.99. The third-order valence-corrected chi connectivity index (χ3v) is 3.33. The van der Waals surface area contributed by atoms with Crippen molar-refractivity contribution in [3.8, 4) is 0 Å². The van der Waals surface area contributed by atoms with Gasteiger partial charge in [-0.1, -0.05) is 6.42 Å². The van der Waals surface area contributed by atoms with E-state index in [4.69, 9.17) is 11.6 Å². The first-order chi connectivity index (χ1) is 6.84. The highest BCUT2D eigenvalue weighted by atomic mass is 35.5. The van der Waals surface area contributed by atoms with Crippen LogP contribution in [0.15, 0.2) is 0 Å². The molecule has 1 rings (SSSR count).